The quantitative estimate of drug-likeness (QED) is 0.897. The summed E-state index contributed by atoms with van der Waals surface area (Å²) in [4.78, 5) is 7.91. The van der Waals surface area contributed by atoms with E-state index in [-0.39, 0.29) is 6.61 Å². The van der Waals surface area contributed by atoms with Gasteiger partial charge in [0.05, 0.1) is 12.3 Å². The normalized spacial score (nSPS) is 10.4. The minimum Gasteiger partial charge on any atom is -0.390 e. The molecule has 0 aliphatic heterocycles. The number of nitrogens with zero attached hydrogens (tertiary/aromatic N) is 2. The Bertz CT molecular complexity index is 497. The van der Waals surface area contributed by atoms with E-state index in [9.17, 15) is 0 Å². The summed E-state index contributed by atoms with van der Waals surface area (Å²) < 4.78 is 0. The SMILES string of the molecule is OCc1ncncc1-c1cc(Cl)cc(Cl)c1. The highest BCUT2D eigenvalue weighted by Gasteiger charge is 2.07. The molecule has 0 radical (unpaired) electrons. The first-order valence-electron chi connectivity index (χ1n) is 4.57. The molecule has 0 amide bonds. The van der Waals surface area contributed by atoms with Gasteiger partial charge >= 0.3 is 0 Å². The third-order valence-electron chi connectivity index (χ3n) is 2.12. The number of benzene rings is 1. The van der Waals surface area contributed by atoms with Crippen molar-refractivity contribution in [2.45, 2.75) is 6.61 Å². The van der Waals surface area contributed by atoms with Gasteiger partial charge in [0.1, 0.15) is 6.33 Å². The third-order valence-corrected chi connectivity index (χ3v) is 2.55. The van der Waals surface area contributed by atoms with Crippen molar-refractivity contribution in [2.75, 3.05) is 0 Å². The van der Waals surface area contributed by atoms with Crippen LogP contribution in [0.15, 0.2) is 30.7 Å². The van der Waals surface area contributed by atoms with Crippen molar-refractivity contribution in [3.05, 3.63) is 46.5 Å². The van der Waals surface area contributed by atoms with E-state index in [4.69, 9.17) is 28.3 Å². The van der Waals surface area contributed by atoms with Crippen molar-refractivity contribution in [3.63, 3.8) is 0 Å². The van der Waals surface area contributed by atoms with Gasteiger partial charge in [-0.2, -0.15) is 0 Å². The van der Waals surface area contributed by atoms with E-state index in [1.54, 1.807) is 24.4 Å². The summed E-state index contributed by atoms with van der Waals surface area (Å²) in [5, 5.41) is 10.2. The summed E-state index contributed by atoms with van der Waals surface area (Å²) in [6.45, 7) is -0.151. The highest BCUT2D eigenvalue weighted by molar-refractivity contribution is 6.35. The van der Waals surface area contributed by atoms with Crippen LogP contribution in [0.3, 0.4) is 0 Å². The summed E-state index contributed by atoms with van der Waals surface area (Å²) in [5.41, 5.74) is 2.07. The molecule has 3 nitrogen and oxygen atoms in total. The van der Waals surface area contributed by atoms with Crippen molar-refractivity contribution in [3.8, 4) is 11.1 Å². The van der Waals surface area contributed by atoms with Crippen LogP contribution in [0.4, 0.5) is 0 Å². The largest absolute Gasteiger partial charge is 0.390 e. The molecule has 1 N–H and O–H groups in total. The molecule has 0 fully saturated rings. The van der Waals surface area contributed by atoms with Crippen LogP contribution in [0.5, 0.6) is 0 Å². The molecule has 1 aromatic carbocycles. The molecule has 0 atom stereocenters. The second-order valence-electron chi connectivity index (χ2n) is 3.20. The molecule has 0 saturated carbocycles. The number of halogens is 2. The molecule has 0 unspecified atom stereocenters. The summed E-state index contributed by atoms with van der Waals surface area (Å²) in [6.07, 6.45) is 3.02. The van der Waals surface area contributed by atoms with E-state index in [2.05, 4.69) is 9.97 Å². The van der Waals surface area contributed by atoms with Crippen molar-refractivity contribution in [2.24, 2.45) is 0 Å². The van der Waals surface area contributed by atoms with Crippen LogP contribution >= 0.6 is 23.2 Å². The van der Waals surface area contributed by atoms with Crippen LogP contribution in [0.2, 0.25) is 10.0 Å². The molecule has 0 bridgehead atoms. The summed E-state index contributed by atoms with van der Waals surface area (Å²) in [7, 11) is 0. The van der Waals surface area contributed by atoms with E-state index in [1.165, 1.54) is 6.33 Å². The van der Waals surface area contributed by atoms with Crippen LogP contribution in [0.25, 0.3) is 11.1 Å². The first kappa shape index (κ1) is 11.3. The summed E-state index contributed by atoms with van der Waals surface area (Å²) in [5.74, 6) is 0. The van der Waals surface area contributed by atoms with Crippen LogP contribution in [-0.2, 0) is 6.61 Å². The molecule has 16 heavy (non-hydrogen) atoms. The average molecular weight is 255 g/mol. The van der Waals surface area contributed by atoms with Gasteiger partial charge in [-0.1, -0.05) is 23.2 Å². The average Bonchev–Trinajstić information content (AvgIpc) is 2.27. The summed E-state index contributed by atoms with van der Waals surface area (Å²) >= 11 is 11.8. The number of rotatable bonds is 2. The Hall–Kier alpha value is -1.16. The Morgan fingerprint density at radius 1 is 1.12 bits per heavy atom. The van der Waals surface area contributed by atoms with Gasteiger partial charge in [-0.05, 0) is 23.8 Å². The van der Waals surface area contributed by atoms with Gasteiger partial charge in [-0.3, -0.25) is 0 Å². The third kappa shape index (κ3) is 2.32. The zero-order valence-electron chi connectivity index (χ0n) is 8.19. The maximum atomic E-state index is 9.16. The van der Waals surface area contributed by atoms with Crippen molar-refractivity contribution in [1.82, 2.24) is 9.97 Å². The molecule has 0 spiro atoms. The molecule has 2 rings (SSSR count). The zero-order valence-corrected chi connectivity index (χ0v) is 9.70. The van der Waals surface area contributed by atoms with Crippen molar-refractivity contribution in [1.29, 1.82) is 0 Å². The summed E-state index contributed by atoms with van der Waals surface area (Å²) in [6, 6.07) is 5.16. The van der Waals surface area contributed by atoms with Gasteiger partial charge in [-0.25, -0.2) is 9.97 Å². The minimum absolute atomic E-state index is 0.151. The first-order valence-corrected chi connectivity index (χ1v) is 5.32. The molecule has 5 heteroatoms. The molecule has 1 heterocycles. The predicted molar refractivity (Wildman–Crippen MR) is 63.4 cm³/mol. The molecule has 0 aliphatic carbocycles. The number of aromatic nitrogens is 2. The highest BCUT2D eigenvalue weighted by Crippen LogP contribution is 2.28. The molecular formula is C11H8Cl2N2O. The Balaban J connectivity index is 2.58. The number of hydrogen-bond acceptors (Lipinski definition) is 3. The molecular weight excluding hydrogens is 247 g/mol. The van der Waals surface area contributed by atoms with Gasteiger partial charge in [-0.15, -0.1) is 0 Å². The van der Waals surface area contributed by atoms with E-state index < -0.39 is 0 Å². The fourth-order valence-corrected chi connectivity index (χ4v) is 1.96. The lowest BCUT2D eigenvalue weighted by Gasteiger charge is -2.06. The maximum absolute atomic E-state index is 9.16. The lowest BCUT2D eigenvalue weighted by Crippen LogP contribution is -1.94. The van der Waals surface area contributed by atoms with Crippen molar-refractivity contribution >= 4 is 23.2 Å². The smallest absolute Gasteiger partial charge is 0.115 e. The fraction of sp³-hybridized carbons (Fsp3) is 0.0909. The van der Waals surface area contributed by atoms with Crippen LogP contribution in [0.1, 0.15) is 5.69 Å². The predicted octanol–water partition coefficient (Wildman–Crippen LogP) is 2.94. The maximum Gasteiger partial charge on any atom is 0.115 e. The van der Waals surface area contributed by atoms with Gasteiger partial charge in [0.2, 0.25) is 0 Å². The molecule has 82 valence electrons. The molecule has 0 saturated heterocycles. The zero-order chi connectivity index (χ0) is 11.5. The van der Waals surface area contributed by atoms with Crippen LogP contribution in [-0.4, -0.2) is 15.1 Å². The minimum atomic E-state index is -0.151. The van der Waals surface area contributed by atoms with E-state index in [0.29, 0.717) is 15.7 Å². The van der Waals surface area contributed by atoms with E-state index >= 15 is 0 Å². The van der Waals surface area contributed by atoms with Gasteiger partial charge in [0, 0.05) is 21.8 Å². The lowest BCUT2D eigenvalue weighted by atomic mass is 10.1. The Labute approximate surface area is 103 Å². The Morgan fingerprint density at radius 3 is 2.44 bits per heavy atom. The van der Waals surface area contributed by atoms with Crippen molar-refractivity contribution < 1.29 is 5.11 Å². The number of hydrogen-bond donors (Lipinski definition) is 1. The van der Waals surface area contributed by atoms with E-state index in [1.807, 2.05) is 0 Å². The fourth-order valence-electron chi connectivity index (χ4n) is 1.43. The van der Waals surface area contributed by atoms with Gasteiger partial charge in [0.15, 0.2) is 0 Å². The molecule has 0 aliphatic rings. The number of aliphatic hydroxyl groups is 1. The van der Waals surface area contributed by atoms with Crippen LogP contribution in [0, 0.1) is 0 Å². The first-order chi connectivity index (χ1) is 7.70. The Kier molecular flexibility index (Phi) is 3.39. The monoisotopic (exact) mass is 254 g/mol. The number of aliphatic hydroxyl groups excluding tert-OH is 1. The van der Waals surface area contributed by atoms with Crippen LogP contribution < -0.4 is 0 Å². The standard InChI is InChI=1S/C11H8Cl2N2O/c12-8-1-7(2-9(13)3-8)10-4-14-6-15-11(10)5-16/h1-4,6,16H,5H2. The second kappa shape index (κ2) is 4.78. The second-order valence-corrected chi connectivity index (χ2v) is 4.07. The van der Waals surface area contributed by atoms with Gasteiger partial charge in [0.25, 0.3) is 0 Å². The highest BCUT2D eigenvalue weighted by atomic mass is 35.5. The lowest BCUT2D eigenvalue weighted by molar-refractivity contribution is 0.277. The van der Waals surface area contributed by atoms with E-state index in [0.717, 1.165) is 11.1 Å². The molecule has 2 aromatic rings. The Morgan fingerprint density at radius 2 is 1.81 bits per heavy atom. The topological polar surface area (TPSA) is 46.0 Å². The molecule has 1 aromatic heterocycles. The van der Waals surface area contributed by atoms with Gasteiger partial charge < -0.3 is 5.11 Å².